The number of nitrogens with one attached hydrogen (secondary N) is 1. The van der Waals surface area contributed by atoms with Gasteiger partial charge in [-0.25, -0.2) is 14.8 Å². The number of ether oxygens (including phenoxy) is 1. The highest BCUT2D eigenvalue weighted by Crippen LogP contribution is 2.26. The molecular formula is C19H15N3O4S. The fourth-order valence-corrected chi connectivity index (χ4v) is 3.52. The van der Waals surface area contributed by atoms with E-state index >= 15 is 0 Å². The Balaban J connectivity index is 1.43. The van der Waals surface area contributed by atoms with Crippen LogP contribution in [0.2, 0.25) is 0 Å². The van der Waals surface area contributed by atoms with Gasteiger partial charge in [0.05, 0.1) is 15.8 Å². The maximum absolute atomic E-state index is 12.3. The molecule has 0 spiro atoms. The van der Waals surface area contributed by atoms with Gasteiger partial charge in [-0.05, 0) is 49.7 Å². The highest BCUT2D eigenvalue weighted by molar-refractivity contribution is 7.22. The Hall–Kier alpha value is -3.26. The average molecular weight is 381 g/mol. The Labute approximate surface area is 158 Å². The Morgan fingerprint density at radius 3 is 2.85 bits per heavy atom. The lowest BCUT2D eigenvalue weighted by molar-refractivity contribution is -0.123. The Bertz CT molecular complexity index is 1160. The first kappa shape index (κ1) is 17.2. The minimum atomic E-state index is -0.975. The number of benzene rings is 2. The summed E-state index contributed by atoms with van der Waals surface area (Å²) in [6.45, 7) is 3.51. The van der Waals surface area contributed by atoms with E-state index in [1.54, 1.807) is 12.1 Å². The number of esters is 1. The fourth-order valence-electron chi connectivity index (χ4n) is 2.56. The Morgan fingerprint density at radius 2 is 2.00 bits per heavy atom. The number of aromatic nitrogens is 2. The van der Waals surface area contributed by atoms with E-state index in [1.165, 1.54) is 30.7 Å². The normalized spacial score (nSPS) is 12.2. The van der Waals surface area contributed by atoms with Crippen LogP contribution in [0.4, 0.5) is 5.13 Å². The predicted octanol–water partition coefficient (Wildman–Crippen LogP) is 3.93. The van der Waals surface area contributed by atoms with Gasteiger partial charge < -0.3 is 9.15 Å². The summed E-state index contributed by atoms with van der Waals surface area (Å²) in [5, 5.41) is 3.16. The monoisotopic (exact) mass is 381 g/mol. The number of amides is 1. The van der Waals surface area contributed by atoms with Gasteiger partial charge in [-0.2, -0.15) is 0 Å². The van der Waals surface area contributed by atoms with Crippen LogP contribution in [-0.4, -0.2) is 27.9 Å². The molecule has 0 bridgehead atoms. The summed E-state index contributed by atoms with van der Waals surface area (Å²) >= 11 is 1.37. The molecule has 2 heterocycles. The lowest BCUT2D eigenvalue weighted by atomic mass is 10.2. The van der Waals surface area contributed by atoms with E-state index in [1.807, 2.05) is 25.1 Å². The van der Waals surface area contributed by atoms with Crippen LogP contribution in [-0.2, 0) is 9.53 Å². The number of rotatable bonds is 4. The van der Waals surface area contributed by atoms with Crippen LogP contribution < -0.4 is 5.32 Å². The number of nitrogens with zero attached hydrogens (tertiary/aromatic N) is 2. The molecule has 1 atom stereocenters. The van der Waals surface area contributed by atoms with Crippen molar-refractivity contribution in [3.05, 3.63) is 53.9 Å². The number of carbonyl (C=O) groups is 2. The standard InChI is InChI=1S/C19H15N3O4S/c1-10-3-5-14-16(7-10)27-19(21-14)22-17(23)11(2)26-18(24)12-4-6-13-15(8-12)25-9-20-13/h3-9,11H,1-2H3,(H,21,22,23). The molecular weight excluding hydrogens is 366 g/mol. The Morgan fingerprint density at radius 1 is 1.19 bits per heavy atom. The summed E-state index contributed by atoms with van der Waals surface area (Å²) in [5.41, 5.74) is 3.34. The van der Waals surface area contributed by atoms with Crippen LogP contribution in [0.3, 0.4) is 0 Å². The zero-order chi connectivity index (χ0) is 19.0. The number of hydrogen-bond donors (Lipinski definition) is 1. The molecule has 1 unspecified atom stereocenters. The minimum Gasteiger partial charge on any atom is -0.449 e. The van der Waals surface area contributed by atoms with E-state index in [0.717, 1.165) is 15.8 Å². The molecule has 2 aromatic heterocycles. The topological polar surface area (TPSA) is 94.3 Å². The van der Waals surface area contributed by atoms with Crippen LogP contribution in [0.5, 0.6) is 0 Å². The Kier molecular flexibility index (Phi) is 4.33. The minimum absolute atomic E-state index is 0.286. The largest absolute Gasteiger partial charge is 0.449 e. The average Bonchev–Trinajstić information content (AvgIpc) is 3.26. The molecule has 7 nitrogen and oxygen atoms in total. The number of hydrogen-bond acceptors (Lipinski definition) is 7. The third-order valence-corrected chi connectivity index (χ3v) is 4.93. The second-order valence-corrected chi connectivity index (χ2v) is 7.09. The quantitative estimate of drug-likeness (QED) is 0.538. The summed E-state index contributed by atoms with van der Waals surface area (Å²) in [5.74, 6) is -1.06. The maximum atomic E-state index is 12.3. The zero-order valence-corrected chi connectivity index (χ0v) is 15.4. The van der Waals surface area contributed by atoms with E-state index in [-0.39, 0.29) is 5.56 Å². The molecule has 1 N–H and O–H groups in total. The number of thiazole rings is 1. The van der Waals surface area contributed by atoms with Gasteiger partial charge in [-0.15, -0.1) is 0 Å². The first-order valence-corrected chi connectivity index (χ1v) is 9.03. The van der Waals surface area contributed by atoms with Crippen molar-refractivity contribution in [3.8, 4) is 0 Å². The molecule has 2 aromatic carbocycles. The van der Waals surface area contributed by atoms with Gasteiger partial charge >= 0.3 is 5.97 Å². The highest BCUT2D eigenvalue weighted by Gasteiger charge is 2.21. The molecule has 8 heteroatoms. The smallest absolute Gasteiger partial charge is 0.339 e. The molecule has 4 rings (SSSR count). The highest BCUT2D eigenvalue weighted by atomic mass is 32.1. The summed E-state index contributed by atoms with van der Waals surface area (Å²) in [4.78, 5) is 33.0. The fraction of sp³-hybridized carbons (Fsp3) is 0.158. The van der Waals surface area contributed by atoms with Crippen molar-refractivity contribution < 1.29 is 18.7 Å². The second-order valence-electron chi connectivity index (χ2n) is 6.06. The number of aryl methyl sites for hydroxylation is 1. The van der Waals surface area contributed by atoms with Gasteiger partial charge in [0.25, 0.3) is 5.91 Å². The lowest BCUT2D eigenvalue weighted by Crippen LogP contribution is -2.29. The van der Waals surface area contributed by atoms with Gasteiger partial charge in [0.15, 0.2) is 23.2 Å². The molecule has 4 aromatic rings. The van der Waals surface area contributed by atoms with E-state index in [9.17, 15) is 9.59 Å². The van der Waals surface area contributed by atoms with Gasteiger partial charge in [0.1, 0.15) is 5.52 Å². The molecule has 0 aliphatic carbocycles. The molecule has 0 saturated heterocycles. The first-order valence-electron chi connectivity index (χ1n) is 8.22. The molecule has 0 saturated carbocycles. The van der Waals surface area contributed by atoms with Crippen molar-refractivity contribution in [2.75, 3.05) is 5.32 Å². The van der Waals surface area contributed by atoms with Gasteiger partial charge in [0.2, 0.25) is 0 Å². The van der Waals surface area contributed by atoms with E-state index in [2.05, 4.69) is 15.3 Å². The van der Waals surface area contributed by atoms with E-state index in [0.29, 0.717) is 16.2 Å². The van der Waals surface area contributed by atoms with Crippen LogP contribution >= 0.6 is 11.3 Å². The number of carbonyl (C=O) groups excluding carboxylic acids is 2. The molecule has 0 radical (unpaired) electrons. The van der Waals surface area contributed by atoms with Gasteiger partial charge in [-0.3, -0.25) is 10.1 Å². The van der Waals surface area contributed by atoms with Gasteiger partial charge in [-0.1, -0.05) is 17.4 Å². The second kappa shape index (κ2) is 6.81. The number of fused-ring (bicyclic) bond motifs is 2. The summed E-state index contributed by atoms with van der Waals surface area (Å²) < 4.78 is 11.4. The van der Waals surface area contributed by atoms with Crippen molar-refractivity contribution in [2.45, 2.75) is 20.0 Å². The predicted molar refractivity (Wildman–Crippen MR) is 102 cm³/mol. The molecule has 0 aliphatic rings. The SMILES string of the molecule is Cc1ccc2nc(NC(=O)C(C)OC(=O)c3ccc4ncoc4c3)sc2c1. The van der Waals surface area contributed by atoms with Crippen LogP contribution in [0, 0.1) is 6.92 Å². The molecule has 27 heavy (non-hydrogen) atoms. The van der Waals surface area contributed by atoms with Crippen LogP contribution in [0.1, 0.15) is 22.8 Å². The number of oxazole rings is 1. The van der Waals surface area contributed by atoms with Crippen molar-refractivity contribution in [1.29, 1.82) is 0 Å². The summed E-state index contributed by atoms with van der Waals surface area (Å²) in [7, 11) is 0. The lowest BCUT2D eigenvalue weighted by Gasteiger charge is -2.12. The van der Waals surface area contributed by atoms with Crippen molar-refractivity contribution in [1.82, 2.24) is 9.97 Å². The first-order chi connectivity index (χ1) is 13.0. The van der Waals surface area contributed by atoms with E-state index < -0.39 is 18.0 Å². The zero-order valence-electron chi connectivity index (χ0n) is 14.6. The number of anilines is 1. The summed E-state index contributed by atoms with van der Waals surface area (Å²) in [6, 6.07) is 10.6. The molecule has 136 valence electrons. The van der Waals surface area contributed by atoms with Crippen molar-refractivity contribution in [3.63, 3.8) is 0 Å². The third-order valence-electron chi connectivity index (χ3n) is 3.99. The third kappa shape index (κ3) is 3.52. The van der Waals surface area contributed by atoms with Crippen molar-refractivity contribution >= 4 is 49.7 Å². The summed E-state index contributed by atoms with van der Waals surface area (Å²) in [6.07, 6.45) is 0.326. The van der Waals surface area contributed by atoms with Crippen molar-refractivity contribution in [2.24, 2.45) is 0 Å². The van der Waals surface area contributed by atoms with E-state index in [4.69, 9.17) is 9.15 Å². The molecule has 1 amide bonds. The van der Waals surface area contributed by atoms with Crippen LogP contribution in [0.25, 0.3) is 21.3 Å². The van der Waals surface area contributed by atoms with Crippen LogP contribution in [0.15, 0.2) is 47.2 Å². The van der Waals surface area contributed by atoms with Gasteiger partial charge in [0, 0.05) is 0 Å². The maximum Gasteiger partial charge on any atom is 0.339 e. The molecule has 0 fully saturated rings. The molecule has 0 aliphatic heterocycles.